The Hall–Kier alpha value is -1.94. The predicted molar refractivity (Wildman–Crippen MR) is 391 cm³/mol. The van der Waals surface area contributed by atoms with Crippen molar-refractivity contribution in [3.05, 3.63) is 0 Å². The van der Waals surface area contributed by atoms with Gasteiger partial charge >= 0.3 is 39.5 Å². The number of carbonyl (C=O) groups is 4. The molecule has 0 aliphatic rings. The minimum absolute atomic E-state index is 0.106. The number of phosphoric ester groups is 2. The van der Waals surface area contributed by atoms with Crippen molar-refractivity contribution in [2.45, 2.75) is 408 Å². The molecule has 3 N–H and O–H groups in total. The van der Waals surface area contributed by atoms with Gasteiger partial charge in [-0.15, -0.1) is 0 Å². The number of hydrogen-bond acceptors (Lipinski definition) is 15. The lowest BCUT2D eigenvalue weighted by atomic mass is 9.99. The molecule has 0 radical (unpaired) electrons. The van der Waals surface area contributed by atoms with E-state index >= 15 is 0 Å². The molecule has 96 heavy (non-hydrogen) atoms. The summed E-state index contributed by atoms with van der Waals surface area (Å²) in [5.74, 6) is 0.991. The third-order valence-electron chi connectivity index (χ3n) is 18.5. The average Bonchev–Trinajstić information content (AvgIpc) is 2.59. The first-order valence-electron chi connectivity index (χ1n) is 39.8. The number of aliphatic hydroxyl groups is 1. The van der Waals surface area contributed by atoms with Crippen LogP contribution in [0.25, 0.3) is 0 Å². The van der Waals surface area contributed by atoms with Crippen molar-refractivity contribution in [2.75, 3.05) is 39.6 Å². The van der Waals surface area contributed by atoms with Crippen molar-refractivity contribution < 1.29 is 80.2 Å². The number of hydrogen-bond donors (Lipinski definition) is 3. The van der Waals surface area contributed by atoms with Crippen molar-refractivity contribution in [1.82, 2.24) is 0 Å². The molecule has 17 nitrogen and oxygen atoms in total. The van der Waals surface area contributed by atoms with Gasteiger partial charge in [-0.05, 0) is 49.4 Å². The molecule has 0 rings (SSSR count). The fraction of sp³-hybridized carbons (Fsp3) is 0.948. The van der Waals surface area contributed by atoms with Gasteiger partial charge in [0, 0.05) is 25.7 Å². The number of unbranched alkanes of at least 4 members (excludes halogenated alkanes) is 38. The maximum atomic E-state index is 13.1. The first kappa shape index (κ1) is 94.1. The average molecular weight is 1410 g/mol. The Morgan fingerprint density at radius 2 is 0.500 bits per heavy atom. The molecular formula is C77H150O17P2. The number of carbonyl (C=O) groups excluding carboxylic acids is 4. The van der Waals surface area contributed by atoms with Crippen LogP contribution in [0.5, 0.6) is 0 Å². The molecule has 0 aliphatic heterocycles. The van der Waals surface area contributed by atoms with Crippen molar-refractivity contribution in [2.24, 2.45) is 23.7 Å². The van der Waals surface area contributed by atoms with E-state index in [9.17, 15) is 43.2 Å². The summed E-state index contributed by atoms with van der Waals surface area (Å²) in [5, 5.41) is 10.6. The fourth-order valence-electron chi connectivity index (χ4n) is 11.7. The molecule has 0 saturated carbocycles. The Bertz CT molecular complexity index is 1890. The van der Waals surface area contributed by atoms with Crippen LogP contribution in [0.3, 0.4) is 0 Å². The maximum Gasteiger partial charge on any atom is 0.472 e. The highest BCUT2D eigenvalue weighted by Gasteiger charge is 2.30. The summed E-state index contributed by atoms with van der Waals surface area (Å²) in [6, 6.07) is 0. The summed E-state index contributed by atoms with van der Waals surface area (Å²) in [7, 11) is -9.92. The standard InChI is InChI=1S/C77H150O17P2/c1-9-69(7)55-47-39-31-25-21-22-28-34-44-52-60-77(82)93-72(63-87-74(79)57-49-41-32-26-19-16-15-18-24-30-38-46-54-68(5)6)65-91-95(83,84)89-61-71(78)62-90-96(85,86)92-66-73(64-88-75(80)58-50-42-36-35-40-48-56-70(8)10-2)94-76(81)59-51-43-33-27-20-14-12-11-13-17-23-29-37-45-53-67(3)4/h67-73,78H,9-66H2,1-8H3,(H,83,84)(H,85,86)/t69?,70?,71-,72-,73-/m1/s1. The van der Waals surface area contributed by atoms with Crippen LogP contribution in [-0.2, 0) is 65.4 Å². The molecule has 0 amide bonds. The second-order valence-corrected chi connectivity index (χ2v) is 32.1. The third-order valence-corrected chi connectivity index (χ3v) is 20.4. The quantitative estimate of drug-likeness (QED) is 0.0222. The molecule has 570 valence electrons. The van der Waals surface area contributed by atoms with E-state index in [0.717, 1.165) is 120 Å². The zero-order chi connectivity index (χ0) is 71.0. The first-order valence-corrected chi connectivity index (χ1v) is 42.8. The Morgan fingerprint density at radius 1 is 0.292 bits per heavy atom. The van der Waals surface area contributed by atoms with Gasteiger partial charge in [0.05, 0.1) is 26.4 Å². The van der Waals surface area contributed by atoms with Gasteiger partial charge in [0.2, 0.25) is 0 Å². The molecule has 0 aliphatic carbocycles. The van der Waals surface area contributed by atoms with E-state index in [1.54, 1.807) is 0 Å². The summed E-state index contributed by atoms with van der Waals surface area (Å²) in [5.41, 5.74) is 0. The van der Waals surface area contributed by atoms with E-state index in [1.165, 1.54) is 186 Å². The fourth-order valence-corrected chi connectivity index (χ4v) is 13.2. The lowest BCUT2D eigenvalue weighted by molar-refractivity contribution is -0.161. The highest BCUT2D eigenvalue weighted by atomic mass is 31.2. The zero-order valence-corrected chi connectivity index (χ0v) is 64.8. The molecule has 19 heteroatoms. The van der Waals surface area contributed by atoms with Crippen LogP contribution >= 0.6 is 15.6 Å². The number of aliphatic hydroxyl groups excluding tert-OH is 1. The smallest absolute Gasteiger partial charge is 0.462 e. The van der Waals surface area contributed by atoms with Crippen molar-refractivity contribution in [3.8, 4) is 0 Å². The van der Waals surface area contributed by atoms with Crippen molar-refractivity contribution in [3.63, 3.8) is 0 Å². The molecule has 4 unspecified atom stereocenters. The molecule has 0 aromatic heterocycles. The second-order valence-electron chi connectivity index (χ2n) is 29.2. The summed E-state index contributed by atoms with van der Waals surface area (Å²) in [6.45, 7) is 14.2. The van der Waals surface area contributed by atoms with Crippen LogP contribution in [0.4, 0.5) is 0 Å². The Morgan fingerprint density at radius 3 is 0.740 bits per heavy atom. The molecule has 0 saturated heterocycles. The van der Waals surface area contributed by atoms with Gasteiger partial charge in [0.15, 0.2) is 12.2 Å². The molecular weight excluding hydrogens is 1260 g/mol. The van der Waals surface area contributed by atoms with E-state index in [4.69, 9.17) is 37.0 Å². The van der Waals surface area contributed by atoms with Gasteiger partial charge in [-0.3, -0.25) is 37.3 Å². The molecule has 0 fully saturated rings. The van der Waals surface area contributed by atoms with Crippen LogP contribution in [0.15, 0.2) is 0 Å². The first-order chi connectivity index (χ1) is 46.2. The summed E-state index contributed by atoms with van der Waals surface area (Å²) in [4.78, 5) is 72.9. The van der Waals surface area contributed by atoms with E-state index in [0.29, 0.717) is 25.7 Å². The second kappa shape index (κ2) is 66.3. The van der Waals surface area contributed by atoms with E-state index in [-0.39, 0.29) is 25.7 Å². The highest BCUT2D eigenvalue weighted by molar-refractivity contribution is 7.47. The van der Waals surface area contributed by atoms with E-state index < -0.39 is 97.5 Å². The lowest BCUT2D eigenvalue weighted by Crippen LogP contribution is -2.30. The molecule has 0 bridgehead atoms. The van der Waals surface area contributed by atoms with Gasteiger partial charge in [-0.1, -0.05) is 338 Å². The Kier molecular flexibility index (Phi) is 65.0. The normalized spacial score (nSPS) is 14.7. The summed E-state index contributed by atoms with van der Waals surface area (Å²) >= 11 is 0. The molecule has 0 aromatic carbocycles. The van der Waals surface area contributed by atoms with Crippen molar-refractivity contribution in [1.29, 1.82) is 0 Å². The van der Waals surface area contributed by atoms with Gasteiger partial charge in [0.1, 0.15) is 19.3 Å². The summed E-state index contributed by atoms with van der Waals surface area (Å²) < 4.78 is 68.6. The topological polar surface area (TPSA) is 237 Å². The van der Waals surface area contributed by atoms with Gasteiger partial charge in [-0.2, -0.15) is 0 Å². The zero-order valence-electron chi connectivity index (χ0n) is 63.0. The van der Waals surface area contributed by atoms with Crippen LogP contribution in [0, 0.1) is 23.7 Å². The largest absolute Gasteiger partial charge is 0.472 e. The number of ether oxygens (including phenoxy) is 4. The summed E-state index contributed by atoms with van der Waals surface area (Å²) in [6.07, 6.45) is 51.2. The van der Waals surface area contributed by atoms with Crippen LogP contribution < -0.4 is 0 Å². The van der Waals surface area contributed by atoms with E-state index in [2.05, 4.69) is 55.4 Å². The molecule has 0 spiro atoms. The van der Waals surface area contributed by atoms with Crippen LogP contribution in [0.1, 0.15) is 389 Å². The Balaban J connectivity index is 5.26. The third kappa shape index (κ3) is 67.9. The predicted octanol–water partition coefficient (Wildman–Crippen LogP) is 22.4. The molecule has 0 aromatic rings. The van der Waals surface area contributed by atoms with Crippen molar-refractivity contribution >= 4 is 39.5 Å². The molecule has 7 atom stereocenters. The number of rotatable bonds is 74. The maximum absolute atomic E-state index is 13.1. The monoisotopic (exact) mass is 1410 g/mol. The Labute approximate surface area is 588 Å². The lowest BCUT2D eigenvalue weighted by Gasteiger charge is -2.21. The number of phosphoric acid groups is 2. The van der Waals surface area contributed by atoms with Crippen LogP contribution in [0.2, 0.25) is 0 Å². The number of esters is 4. The minimum Gasteiger partial charge on any atom is -0.462 e. The van der Waals surface area contributed by atoms with Gasteiger partial charge < -0.3 is 33.8 Å². The van der Waals surface area contributed by atoms with Gasteiger partial charge in [0.25, 0.3) is 0 Å². The van der Waals surface area contributed by atoms with Gasteiger partial charge in [-0.25, -0.2) is 9.13 Å². The van der Waals surface area contributed by atoms with E-state index in [1.807, 2.05) is 0 Å². The van der Waals surface area contributed by atoms with Crippen LogP contribution in [-0.4, -0.2) is 96.7 Å². The highest BCUT2D eigenvalue weighted by Crippen LogP contribution is 2.45. The SMILES string of the molecule is CCC(C)CCCCCCCCCCCCC(=O)O[C@H](COC(=O)CCCCCCCCCCCCCCC(C)C)COP(=O)(O)OC[C@@H](O)COP(=O)(O)OC[C@@H](COC(=O)CCCCCCCCC(C)CC)OC(=O)CCCCCCCCCCCCCCCCC(C)C. The molecule has 0 heterocycles. The minimum atomic E-state index is -4.96.